The van der Waals surface area contributed by atoms with Crippen LogP contribution in [0.15, 0.2) is 71.7 Å². The van der Waals surface area contributed by atoms with E-state index in [4.69, 9.17) is 25.3 Å². The van der Waals surface area contributed by atoms with E-state index in [0.717, 1.165) is 0 Å². The van der Waals surface area contributed by atoms with E-state index in [1.807, 2.05) is 0 Å². The van der Waals surface area contributed by atoms with Gasteiger partial charge in [-0.25, -0.2) is 14.4 Å². The van der Waals surface area contributed by atoms with Crippen molar-refractivity contribution in [2.45, 2.75) is 20.8 Å². The van der Waals surface area contributed by atoms with Crippen LogP contribution < -0.4 is 46.5 Å². The second-order valence-corrected chi connectivity index (χ2v) is 10.0. The van der Waals surface area contributed by atoms with Gasteiger partial charge in [-0.1, -0.05) is 0 Å². The molecule has 3 rings (SSSR count). The fourth-order valence-corrected chi connectivity index (χ4v) is 4.98. The van der Waals surface area contributed by atoms with Gasteiger partial charge in [0.15, 0.2) is 11.7 Å². The van der Waals surface area contributed by atoms with Crippen molar-refractivity contribution < 1.29 is 32.7 Å². The van der Waals surface area contributed by atoms with Crippen molar-refractivity contribution in [2.24, 2.45) is 16.5 Å². The van der Waals surface area contributed by atoms with E-state index in [9.17, 15) is 18.9 Å². The van der Waals surface area contributed by atoms with E-state index in [1.54, 1.807) is 31.2 Å². The summed E-state index contributed by atoms with van der Waals surface area (Å²) in [4.78, 5) is 39.0. The van der Waals surface area contributed by atoms with Gasteiger partial charge in [-0.2, -0.15) is 0 Å². The molecule has 40 heavy (non-hydrogen) atoms. The van der Waals surface area contributed by atoms with Crippen molar-refractivity contribution in [1.82, 2.24) is 5.32 Å². The second kappa shape index (κ2) is 13.2. The number of amides is 3. The van der Waals surface area contributed by atoms with Gasteiger partial charge < -0.3 is 41.2 Å². The molecule has 0 atom stereocenters. The molecule has 210 valence electrons. The molecule has 0 saturated heterocycles. The lowest BCUT2D eigenvalue weighted by atomic mass is 10.3. The molecule has 0 bridgehead atoms. The lowest BCUT2D eigenvalue weighted by Gasteiger charge is -2.22. The number of nitrogens with two attached hydrogens (primary N) is 2. The molecule has 0 radical (unpaired) electrons. The highest BCUT2D eigenvalue weighted by atomic mass is 31.2. The number of carbonyl (C=O) groups excluding carboxylic acids is 3. The number of rotatable bonds is 10. The first-order chi connectivity index (χ1) is 19.0. The molecule has 3 aromatic carbocycles. The van der Waals surface area contributed by atoms with Crippen LogP contribution in [0.5, 0.6) is 17.2 Å². The molecule has 0 aliphatic carbocycles. The van der Waals surface area contributed by atoms with E-state index < -0.39 is 13.7 Å². The number of ether oxygens (including phenoxy) is 1. The Bertz CT molecular complexity index is 1390. The topological polar surface area (TPSA) is 196 Å². The minimum absolute atomic E-state index is 0.106. The number of carbonyl (C=O) groups is 3. The Kier molecular flexibility index (Phi) is 9.71. The zero-order valence-corrected chi connectivity index (χ0v) is 22.9. The molecule has 0 aromatic heterocycles. The molecular formula is C26H29N6O7P. The summed E-state index contributed by atoms with van der Waals surface area (Å²) in [7, 11) is -4.36. The van der Waals surface area contributed by atoms with Crippen LogP contribution in [0.3, 0.4) is 0 Å². The van der Waals surface area contributed by atoms with E-state index in [-0.39, 0.29) is 52.6 Å². The lowest BCUT2D eigenvalue weighted by molar-refractivity contribution is -0.115. The van der Waals surface area contributed by atoms with Crippen LogP contribution in [0.25, 0.3) is 0 Å². The SMILES string of the molecule is CCNC(=O)Oc1cc(N=C(N)N)ccc1P(=O)(Oc1ccc(NC(C)=O)cc1)Oc1ccc(NC(C)=O)cc1. The zero-order chi connectivity index (χ0) is 29.3. The second-order valence-electron chi connectivity index (χ2n) is 8.20. The fourth-order valence-electron chi connectivity index (χ4n) is 3.31. The zero-order valence-electron chi connectivity index (χ0n) is 22.0. The molecule has 3 amide bonds. The molecule has 13 nitrogen and oxygen atoms in total. The molecule has 3 aromatic rings. The summed E-state index contributed by atoms with van der Waals surface area (Å²) in [6.45, 7) is 4.70. The van der Waals surface area contributed by atoms with Gasteiger partial charge in [-0.3, -0.25) is 9.59 Å². The Morgan fingerprint density at radius 3 is 1.75 bits per heavy atom. The predicted octanol–water partition coefficient (Wildman–Crippen LogP) is 3.59. The van der Waals surface area contributed by atoms with Crippen molar-refractivity contribution in [3.8, 4) is 17.2 Å². The number of nitrogens with zero attached hydrogens (tertiary/aromatic N) is 1. The van der Waals surface area contributed by atoms with E-state index in [1.165, 1.54) is 56.3 Å². The molecule has 0 aliphatic heterocycles. The molecule has 0 saturated carbocycles. The van der Waals surface area contributed by atoms with Crippen molar-refractivity contribution >= 4 is 53.8 Å². The molecule has 0 spiro atoms. The summed E-state index contributed by atoms with van der Waals surface area (Å²) in [5.74, 6) is -0.696. The van der Waals surface area contributed by atoms with Gasteiger partial charge in [0.25, 0.3) is 0 Å². The Balaban J connectivity index is 2.09. The Morgan fingerprint density at radius 2 is 1.32 bits per heavy atom. The molecule has 0 unspecified atom stereocenters. The summed E-state index contributed by atoms with van der Waals surface area (Å²) in [6, 6.07) is 16.3. The number of aliphatic imine (C=N–C) groups is 1. The number of nitrogens with one attached hydrogen (secondary N) is 3. The Labute approximate surface area is 230 Å². The van der Waals surface area contributed by atoms with Crippen LogP contribution in [0.4, 0.5) is 21.9 Å². The van der Waals surface area contributed by atoms with Crippen LogP contribution in [-0.2, 0) is 14.2 Å². The van der Waals surface area contributed by atoms with Gasteiger partial charge >= 0.3 is 13.7 Å². The maximum atomic E-state index is 14.5. The number of benzene rings is 3. The van der Waals surface area contributed by atoms with Crippen LogP contribution in [0, 0.1) is 0 Å². The molecule has 0 fully saturated rings. The Hall–Kier alpha value is -5.03. The average Bonchev–Trinajstić information content (AvgIpc) is 2.86. The molecule has 14 heteroatoms. The maximum absolute atomic E-state index is 14.5. The first-order valence-electron chi connectivity index (χ1n) is 11.9. The number of anilines is 2. The van der Waals surface area contributed by atoms with E-state index in [0.29, 0.717) is 11.4 Å². The molecular weight excluding hydrogens is 539 g/mol. The standard InChI is InChI=1S/C26H29N6O7P/c1-4-29-26(35)37-23-15-20(32-25(27)28)9-14-24(23)40(36,38-21-10-5-18(6-11-21)30-16(2)33)39-22-12-7-19(8-13-22)31-17(3)34/h5-15H,4H2,1-3H3,(H,29,35)(H,30,33)(H,31,34)(H4,27,28,32). The first-order valence-corrected chi connectivity index (χ1v) is 13.5. The maximum Gasteiger partial charge on any atom is 0.466 e. The highest BCUT2D eigenvalue weighted by molar-refractivity contribution is 7.63. The molecule has 0 heterocycles. The monoisotopic (exact) mass is 568 g/mol. The lowest BCUT2D eigenvalue weighted by Crippen LogP contribution is -2.29. The first kappa shape index (κ1) is 29.5. The summed E-state index contributed by atoms with van der Waals surface area (Å²) in [6.07, 6.45) is -0.823. The largest absolute Gasteiger partial charge is 0.466 e. The summed E-state index contributed by atoms with van der Waals surface area (Å²) < 4.78 is 31.7. The van der Waals surface area contributed by atoms with E-state index >= 15 is 0 Å². The van der Waals surface area contributed by atoms with Crippen molar-refractivity contribution in [2.75, 3.05) is 17.2 Å². The van der Waals surface area contributed by atoms with E-state index in [2.05, 4.69) is 20.9 Å². The van der Waals surface area contributed by atoms with Crippen LogP contribution in [0.1, 0.15) is 20.8 Å². The van der Waals surface area contributed by atoms with Gasteiger partial charge in [0.1, 0.15) is 16.8 Å². The van der Waals surface area contributed by atoms with Crippen molar-refractivity contribution in [3.63, 3.8) is 0 Å². The van der Waals surface area contributed by atoms with Crippen molar-refractivity contribution in [3.05, 3.63) is 66.7 Å². The molecule has 7 N–H and O–H groups in total. The highest BCUT2D eigenvalue weighted by Gasteiger charge is 2.36. The smallest absolute Gasteiger partial charge is 0.413 e. The van der Waals surface area contributed by atoms with Gasteiger partial charge in [-0.15, -0.1) is 0 Å². The minimum Gasteiger partial charge on any atom is -0.413 e. The van der Waals surface area contributed by atoms with Crippen molar-refractivity contribution in [1.29, 1.82) is 0 Å². The third kappa shape index (κ3) is 8.50. The third-order valence-electron chi connectivity index (χ3n) is 4.82. The van der Waals surface area contributed by atoms with Crippen LogP contribution >= 0.6 is 7.60 Å². The average molecular weight is 569 g/mol. The molecule has 0 aliphatic rings. The normalized spacial score (nSPS) is 10.6. The van der Waals surface area contributed by atoms with Gasteiger partial charge in [-0.05, 0) is 67.6 Å². The van der Waals surface area contributed by atoms with Gasteiger partial charge in [0.2, 0.25) is 11.8 Å². The summed E-state index contributed by atoms with van der Waals surface area (Å²) in [5, 5.41) is 7.64. The minimum atomic E-state index is -4.36. The number of hydrogen-bond acceptors (Lipinski definition) is 8. The highest BCUT2D eigenvalue weighted by Crippen LogP contribution is 2.50. The van der Waals surface area contributed by atoms with Crippen LogP contribution in [0.2, 0.25) is 0 Å². The fraction of sp³-hybridized carbons (Fsp3) is 0.154. The predicted molar refractivity (Wildman–Crippen MR) is 152 cm³/mol. The van der Waals surface area contributed by atoms with Gasteiger partial charge in [0, 0.05) is 37.8 Å². The number of hydrogen-bond donors (Lipinski definition) is 5. The Morgan fingerprint density at radius 1 is 0.825 bits per heavy atom. The van der Waals surface area contributed by atoms with Gasteiger partial charge in [0.05, 0.1) is 5.69 Å². The van der Waals surface area contributed by atoms with Crippen LogP contribution in [-0.4, -0.2) is 30.4 Å². The number of guanidine groups is 1. The summed E-state index contributed by atoms with van der Waals surface area (Å²) in [5.41, 5.74) is 12.2. The third-order valence-corrected chi connectivity index (χ3v) is 6.68. The quantitative estimate of drug-likeness (QED) is 0.138. The summed E-state index contributed by atoms with van der Waals surface area (Å²) >= 11 is 0.